The molecule has 0 saturated carbocycles. The first kappa shape index (κ1) is 16.2. The molecule has 1 amide bonds. The largest absolute Gasteiger partial charge is 0.376 e. The third kappa shape index (κ3) is 3.43. The quantitative estimate of drug-likeness (QED) is 0.697. The highest BCUT2D eigenvalue weighted by Crippen LogP contribution is 2.31. The van der Waals surface area contributed by atoms with Crippen LogP contribution < -0.4 is 4.90 Å². The Labute approximate surface area is 151 Å². The van der Waals surface area contributed by atoms with Crippen LogP contribution in [0, 0.1) is 6.92 Å². The molecule has 0 radical (unpaired) electrons. The van der Waals surface area contributed by atoms with Crippen LogP contribution in [0.2, 0.25) is 0 Å². The molecule has 3 aromatic rings. The number of thiazole rings is 1. The zero-order chi connectivity index (χ0) is 17.2. The van der Waals surface area contributed by atoms with Gasteiger partial charge in [-0.1, -0.05) is 35.6 Å². The van der Waals surface area contributed by atoms with Crippen molar-refractivity contribution in [3.05, 3.63) is 59.7 Å². The van der Waals surface area contributed by atoms with E-state index in [0.29, 0.717) is 12.1 Å². The van der Waals surface area contributed by atoms with E-state index in [-0.39, 0.29) is 12.0 Å². The number of carbonyl (C=O) groups is 1. The van der Waals surface area contributed by atoms with Crippen molar-refractivity contribution in [2.45, 2.75) is 25.9 Å². The number of ether oxygens (including phenoxy) is 1. The molecule has 4 nitrogen and oxygen atoms in total. The van der Waals surface area contributed by atoms with E-state index in [1.54, 1.807) is 16.2 Å². The second-order valence-electron chi connectivity index (χ2n) is 6.38. The summed E-state index contributed by atoms with van der Waals surface area (Å²) >= 11 is 1.56. The van der Waals surface area contributed by atoms with E-state index < -0.39 is 0 Å². The highest BCUT2D eigenvalue weighted by atomic mass is 32.1. The summed E-state index contributed by atoms with van der Waals surface area (Å²) in [5.74, 6) is -0.0214. The van der Waals surface area contributed by atoms with Crippen LogP contribution in [0.15, 0.2) is 48.5 Å². The van der Waals surface area contributed by atoms with Gasteiger partial charge in [-0.3, -0.25) is 9.69 Å². The summed E-state index contributed by atoms with van der Waals surface area (Å²) in [6.07, 6.45) is 2.13. The van der Waals surface area contributed by atoms with Crippen LogP contribution >= 0.6 is 11.3 Å². The van der Waals surface area contributed by atoms with Crippen molar-refractivity contribution in [2.24, 2.45) is 0 Å². The van der Waals surface area contributed by atoms with E-state index in [1.165, 1.54) is 5.56 Å². The number of hydrogen-bond acceptors (Lipinski definition) is 4. The Morgan fingerprint density at radius 2 is 2.12 bits per heavy atom. The van der Waals surface area contributed by atoms with E-state index in [1.807, 2.05) is 36.4 Å². The molecule has 2 aromatic carbocycles. The van der Waals surface area contributed by atoms with Crippen molar-refractivity contribution in [3.63, 3.8) is 0 Å². The number of amides is 1. The van der Waals surface area contributed by atoms with Crippen LogP contribution in [-0.4, -0.2) is 30.1 Å². The normalized spacial score (nSPS) is 17.1. The number of aryl methyl sites for hydroxylation is 1. The second kappa shape index (κ2) is 6.94. The summed E-state index contributed by atoms with van der Waals surface area (Å²) in [5, 5.41) is 0.741. The maximum Gasteiger partial charge on any atom is 0.260 e. The van der Waals surface area contributed by atoms with Crippen LogP contribution in [0.1, 0.15) is 28.8 Å². The molecule has 4 rings (SSSR count). The summed E-state index contributed by atoms with van der Waals surface area (Å²) in [5.41, 5.74) is 2.81. The number of benzene rings is 2. The first-order chi connectivity index (χ1) is 12.2. The van der Waals surface area contributed by atoms with Crippen molar-refractivity contribution in [3.8, 4) is 0 Å². The van der Waals surface area contributed by atoms with Crippen LogP contribution in [0.25, 0.3) is 10.2 Å². The van der Waals surface area contributed by atoms with E-state index in [0.717, 1.165) is 34.8 Å². The predicted octanol–water partition coefficient (Wildman–Crippen LogP) is 4.43. The number of carbonyl (C=O) groups excluding carboxylic acids is 1. The second-order valence-corrected chi connectivity index (χ2v) is 7.39. The Bertz CT molecular complexity index is 885. The van der Waals surface area contributed by atoms with Gasteiger partial charge in [0.05, 0.1) is 22.9 Å². The molecule has 0 N–H and O–H groups in total. The van der Waals surface area contributed by atoms with Gasteiger partial charge in [0, 0.05) is 12.2 Å². The van der Waals surface area contributed by atoms with Crippen molar-refractivity contribution < 1.29 is 9.53 Å². The number of nitrogens with zero attached hydrogens (tertiary/aromatic N) is 2. The summed E-state index contributed by atoms with van der Waals surface area (Å²) in [7, 11) is 0. The topological polar surface area (TPSA) is 42.4 Å². The molecule has 1 aliphatic heterocycles. The lowest BCUT2D eigenvalue weighted by Gasteiger charge is -2.23. The lowest BCUT2D eigenvalue weighted by Crippen LogP contribution is -2.37. The molecule has 1 atom stereocenters. The Morgan fingerprint density at radius 1 is 1.28 bits per heavy atom. The molecule has 25 heavy (non-hydrogen) atoms. The number of rotatable bonds is 4. The fraction of sp³-hybridized carbons (Fsp3) is 0.300. The van der Waals surface area contributed by atoms with Crippen LogP contribution in [0.5, 0.6) is 0 Å². The van der Waals surface area contributed by atoms with Crippen LogP contribution in [0.3, 0.4) is 0 Å². The minimum Gasteiger partial charge on any atom is -0.376 e. The summed E-state index contributed by atoms with van der Waals surface area (Å²) < 4.78 is 6.87. The van der Waals surface area contributed by atoms with Gasteiger partial charge in [0.2, 0.25) is 0 Å². The van der Waals surface area contributed by atoms with Crippen molar-refractivity contribution >= 4 is 32.6 Å². The monoisotopic (exact) mass is 352 g/mol. The molecular formula is C20H20N2O2S. The molecule has 1 aliphatic rings. The van der Waals surface area contributed by atoms with Gasteiger partial charge in [0.25, 0.3) is 5.91 Å². The number of anilines is 1. The van der Waals surface area contributed by atoms with Gasteiger partial charge in [-0.15, -0.1) is 0 Å². The van der Waals surface area contributed by atoms with Gasteiger partial charge < -0.3 is 4.74 Å². The molecule has 1 aromatic heterocycles. The van der Waals surface area contributed by atoms with E-state index in [2.05, 4.69) is 19.1 Å². The maximum atomic E-state index is 13.1. The Kier molecular flexibility index (Phi) is 4.51. The van der Waals surface area contributed by atoms with E-state index in [9.17, 15) is 4.79 Å². The molecule has 2 heterocycles. The fourth-order valence-corrected chi connectivity index (χ4v) is 4.18. The predicted molar refractivity (Wildman–Crippen MR) is 101 cm³/mol. The van der Waals surface area contributed by atoms with Crippen LogP contribution in [-0.2, 0) is 4.74 Å². The van der Waals surface area contributed by atoms with Gasteiger partial charge in [0.1, 0.15) is 0 Å². The SMILES string of the molecule is Cc1ccc2nc(N(CC3CCCO3)C(=O)c3ccccc3)sc2c1. The number of aromatic nitrogens is 1. The lowest BCUT2D eigenvalue weighted by molar-refractivity contribution is 0.0917. The molecule has 128 valence electrons. The molecule has 5 heteroatoms. The summed E-state index contributed by atoms with van der Waals surface area (Å²) in [6.45, 7) is 3.39. The summed E-state index contributed by atoms with van der Waals surface area (Å²) in [4.78, 5) is 19.6. The Morgan fingerprint density at radius 3 is 2.88 bits per heavy atom. The average molecular weight is 352 g/mol. The third-order valence-electron chi connectivity index (χ3n) is 4.44. The molecule has 1 unspecified atom stereocenters. The van der Waals surface area contributed by atoms with E-state index in [4.69, 9.17) is 9.72 Å². The standard InChI is InChI=1S/C20H20N2O2S/c1-14-9-10-17-18(12-14)25-20(21-17)22(13-16-8-5-11-24-16)19(23)15-6-3-2-4-7-15/h2-4,6-7,9-10,12,16H,5,8,11,13H2,1H3. The molecular weight excluding hydrogens is 332 g/mol. The van der Waals surface area contributed by atoms with Crippen LogP contribution in [0.4, 0.5) is 5.13 Å². The molecule has 0 aliphatic carbocycles. The van der Waals surface area contributed by atoms with Crippen molar-refractivity contribution in [2.75, 3.05) is 18.1 Å². The highest BCUT2D eigenvalue weighted by molar-refractivity contribution is 7.22. The molecule has 1 fully saturated rings. The maximum absolute atomic E-state index is 13.1. The third-order valence-corrected chi connectivity index (χ3v) is 5.48. The van der Waals surface area contributed by atoms with Gasteiger partial charge in [-0.25, -0.2) is 4.98 Å². The molecule has 0 spiro atoms. The first-order valence-corrected chi connectivity index (χ1v) is 9.38. The average Bonchev–Trinajstić information content (AvgIpc) is 3.28. The lowest BCUT2D eigenvalue weighted by atomic mass is 10.2. The fourth-order valence-electron chi connectivity index (χ4n) is 3.11. The van der Waals surface area contributed by atoms with E-state index >= 15 is 0 Å². The van der Waals surface area contributed by atoms with Crippen molar-refractivity contribution in [1.29, 1.82) is 0 Å². The van der Waals surface area contributed by atoms with Gasteiger partial charge in [0.15, 0.2) is 5.13 Å². The Hall–Kier alpha value is -2.24. The van der Waals surface area contributed by atoms with Gasteiger partial charge in [-0.05, 0) is 49.6 Å². The zero-order valence-electron chi connectivity index (χ0n) is 14.1. The number of hydrogen-bond donors (Lipinski definition) is 0. The minimum atomic E-state index is -0.0214. The van der Waals surface area contributed by atoms with Crippen molar-refractivity contribution in [1.82, 2.24) is 4.98 Å². The van der Waals surface area contributed by atoms with Gasteiger partial charge >= 0.3 is 0 Å². The molecule has 1 saturated heterocycles. The zero-order valence-corrected chi connectivity index (χ0v) is 15.0. The summed E-state index contributed by atoms with van der Waals surface area (Å²) in [6, 6.07) is 15.6. The minimum absolute atomic E-state index is 0.0214. The van der Waals surface area contributed by atoms with Gasteiger partial charge in [-0.2, -0.15) is 0 Å². The smallest absolute Gasteiger partial charge is 0.260 e. The Balaban J connectivity index is 1.71. The molecule has 0 bridgehead atoms. The highest BCUT2D eigenvalue weighted by Gasteiger charge is 2.26. The number of fused-ring (bicyclic) bond motifs is 1. The first-order valence-electron chi connectivity index (χ1n) is 8.56.